The van der Waals surface area contributed by atoms with Crippen molar-refractivity contribution in [2.45, 2.75) is 0 Å². The number of benzene rings is 2. The number of nitrogens with one attached hydrogen (secondary N) is 1. The SMILES string of the molecule is c1cc2ccc3c4cn[nH]c4ccc3c2cn1. The Morgan fingerprint density at radius 1 is 0.765 bits per heavy atom. The minimum atomic E-state index is 1.07. The van der Waals surface area contributed by atoms with Gasteiger partial charge in [-0.2, -0.15) is 5.10 Å². The molecule has 0 saturated heterocycles. The molecule has 3 heteroatoms. The predicted octanol–water partition coefficient (Wildman–Crippen LogP) is 3.26. The number of nitrogens with zero attached hydrogens (tertiary/aromatic N) is 2. The van der Waals surface area contributed by atoms with Crippen LogP contribution in [0, 0.1) is 0 Å². The summed E-state index contributed by atoms with van der Waals surface area (Å²) in [6.45, 7) is 0. The Bertz CT molecular complexity index is 846. The quantitative estimate of drug-likeness (QED) is 0.461. The van der Waals surface area contributed by atoms with E-state index in [0.717, 1.165) is 10.9 Å². The van der Waals surface area contributed by atoms with Gasteiger partial charge in [0.25, 0.3) is 0 Å². The van der Waals surface area contributed by atoms with E-state index >= 15 is 0 Å². The molecule has 2 aromatic carbocycles. The highest BCUT2D eigenvalue weighted by Gasteiger charge is 2.05. The lowest BCUT2D eigenvalue weighted by atomic mass is 10.0. The zero-order valence-corrected chi connectivity index (χ0v) is 9.01. The van der Waals surface area contributed by atoms with Crippen molar-refractivity contribution in [2.75, 3.05) is 0 Å². The van der Waals surface area contributed by atoms with Crippen molar-refractivity contribution in [3.05, 3.63) is 48.9 Å². The highest BCUT2D eigenvalue weighted by atomic mass is 15.1. The molecule has 0 spiro atoms. The molecule has 0 aliphatic rings. The van der Waals surface area contributed by atoms with Crippen molar-refractivity contribution < 1.29 is 0 Å². The van der Waals surface area contributed by atoms with Gasteiger partial charge in [0.05, 0.1) is 11.7 Å². The fraction of sp³-hybridized carbons (Fsp3) is 0. The molecule has 3 nitrogen and oxygen atoms in total. The van der Waals surface area contributed by atoms with Crippen LogP contribution in [-0.2, 0) is 0 Å². The Hall–Kier alpha value is -2.42. The second kappa shape index (κ2) is 3.04. The first kappa shape index (κ1) is 8.70. The number of H-pyrrole nitrogens is 1. The Balaban J connectivity index is 2.34. The Morgan fingerprint density at radius 3 is 2.65 bits per heavy atom. The van der Waals surface area contributed by atoms with Crippen LogP contribution in [0.25, 0.3) is 32.4 Å². The molecule has 0 fully saturated rings. The van der Waals surface area contributed by atoms with Gasteiger partial charge < -0.3 is 0 Å². The monoisotopic (exact) mass is 219 g/mol. The summed E-state index contributed by atoms with van der Waals surface area (Å²) >= 11 is 0. The maximum Gasteiger partial charge on any atom is 0.0656 e. The van der Waals surface area contributed by atoms with E-state index < -0.39 is 0 Å². The molecule has 4 rings (SSSR count). The fourth-order valence-corrected chi connectivity index (χ4v) is 2.40. The second-order valence-electron chi connectivity index (χ2n) is 4.15. The average molecular weight is 219 g/mol. The van der Waals surface area contributed by atoms with Crippen LogP contribution in [0.1, 0.15) is 0 Å². The number of hydrogen-bond donors (Lipinski definition) is 1. The minimum Gasteiger partial charge on any atom is -0.278 e. The lowest BCUT2D eigenvalue weighted by Gasteiger charge is -2.03. The molecule has 0 unspecified atom stereocenters. The first-order valence-electron chi connectivity index (χ1n) is 5.52. The van der Waals surface area contributed by atoms with Crippen molar-refractivity contribution >= 4 is 32.4 Å². The van der Waals surface area contributed by atoms with Gasteiger partial charge >= 0.3 is 0 Å². The third kappa shape index (κ3) is 1.11. The fourth-order valence-electron chi connectivity index (χ4n) is 2.40. The van der Waals surface area contributed by atoms with E-state index in [2.05, 4.69) is 39.4 Å². The molecular formula is C14H9N3. The highest BCUT2D eigenvalue weighted by Crippen LogP contribution is 2.29. The molecule has 0 amide bonds. The molecule has 1 N–H and O–H groups in total. The Morgan fingerprint density at radius 2 is 1.65 bits per heavy atom. The maximum absolute atomic E-state index is 4.21. The third-order valence-electron chi connectivity index (χ3n) is 3.24. The number of pyridine rings is 1. The van der Waals surface area contributed by atoms with E-state index in [4.69, 9.17) is 0 Å². The summed E-state index contributed by atoms with van der Waals surface area (Å²) in [5, 5.41) is 13.1. The van der Waals surface area contributed by atoms with Crippen molar-refractivity contribution in [2.24, 2.45) is 0 Å². The van der Waals surface area contributed by atoms with Gasteiger partial charge in [0.2, 0.25) is 0 Å². The van der Waals surface area contributed by atoms with Crippen molar-refractivity contribution in [1.29, 1.82) is 0 Å². The lowest BCUT2D eigenvalue weighted by molar-refractivity contribution is 1.12. The van der Waals surface area contributed by atoms with Crippen LogP contribution in [0.5, 0.6) is 0 Å². The zero-order chi connectivity index (χ0) is 11.2. The number of fused-ring (bicyclic) bond motifs is 5. The number of aromatic nitrogens is 3. The molecule has 0 radical (unpaired) electrons. The summed E-state index contributed by atoms with van der Waals surface area (Å²) in [6.07, 6.45) is 5.62. The molecule has 0 saturated carbocycles. The molecule has 0 aliphatic heterocycles. The smallest absolute Gasteiger partial charge is 0.0656 e. The minimum absolute atomic E-state index is 1.07. The summed E-state index contributed by atoms with van der Waals surface area (Å²) in [6, 6.07) is 10.5. The summed E-state index contributed by atoms with van der Waals surface area (Å²) in [5.41, 5.74) is 1.07. The van der Waals surface area contributed by atoms with Gasteiger partial charge in [-0.3, -0.25) is 10.1 Å². The summed E-state index contributed by atoms with van der Waals surface area (Å²) in [7, 11) is 0. The third-order valence-corrected chi connectivity index (χ3v) is 3.24. The topological polar surface area (TPSA) is 41.6 Å². The second-order valence-corrected chi connectivity index (χ2v) is 4.15. The molecule has 4 aromatic rings. The highest BCUT2D eigenvalue weighted by molar-refractivity contribution is 6.16. The van der Waals surface area contributed by atoms with Gasteiger partial charge in [-0.15, -0.1) is 0 Å². The first-order valence-corrected chi connectivity index (χ1v) is 5.52. The van der Waals surface area contributed by atoms with Crippen LogP contribution >= 0.6 is 0 Å². The average Bonchev–Trinajstić information content (AvgIpc) is 2.86. The summed E-state index contributed by atoms with van der Waals surface area (Å²) < 4.78 is 0. The summed E-state index contributed by atoms with van der Waals surface area (Å²) in [5.74, 6) is 0. The maximum atomic E-state index is 4.21. The molecular weight excluding hydrogens is 210 g/mol. The number of aromatic amines is 1. The van der Waals surface area contributed by atoms with Crippen LogP contribution in [0.4, 0.5) is 0 Å². The van der Waals surface area contributed by atoms with Crippen LogP contribution in [0.15, 0.2) is 48.9 Å². The molecule has 2 heterocycles. The lowest BCUT2D eigenvalue weighted by Crippen LogP contribution is -1.80. The van der Waals surface area contributed by atoms with Gasteiger partial charge in [0, 0.05) is 23.2 Å². The van der Waals surface area contributed by atoms with Gasteiger partial charge in [-0.1, -0.05) is 18.2 Å². The molecule has 2 aromatic heterocycles. The largest absolute Gasteiger partial charge is 0.278 e. The van der Waals surface area contributed by atoms with Crippen LogP contribution < -0.4 is 0 Å². The first-order chi connectivity index (χ1) is 8.43. The Kier molecular flexibility index (Phi) is 1.56. The van der Waals surface area contributed by atoms with Gasteiger partial charge in [-0.05, 0) is 28.3 Å². The van der Waals surface area contributed by atoms with E-state index in [1.54, 1.807) is 0 Å². The number of hydrogen-bond acceptors (Lipinski definition) is 2. The molecule has 0 aliphatic carbocycles. The van der Waals surface area contributed by atoms with E-state index in [1.807, 2.05) is 24.7 Å². The molecule has 17 heavy (non-hydrogen) atoms. The van der Waals surface area contributed by atoms with Gasteiger partial charge in [-0.25, -0.2) is 0 Å². The van der Waals surface area contributed by atoms with Gasteiger partial charge in [0.15, 0.2) is 0 Å². The van der Waals surface area contributed by atoms with E-state index in [0.29, 0.717) is 0 Å². The standard InChI is InChI=1S/C14H9N3/c1-2-11-10(12-7-15-6-5-9(1)12)3-4-14-13(11)8-16-17-14/h1-8H,(H,16,17). The molecule has 0 atom stereocenters. The van der Waals surface area contributed by atoms with Crippen LogP contribution in [0.3, 0.4) is 0 Å². The van der Waals surface area contributed by atoms with E-state index in [-0.39, 0.29) is 0 Å². The van der Waals surface area contributed by atoms with Gasteiger partial charge in [0.1, 0.15) is 0 Å². The normalized spacial score (nSPS) is 11.5. The van der Waals surface area contributed by atoms with Crippen LogP contribution in [0.2, 0.25) is 0 Å². The van der Waals surface area contributed by atoms with Crippen LogP contribution in [-0.4, -0.2) is 15.2 Å². The zero-order valence-electron chi connectivity index (χ0n) is 9.01. The van der Waals surface area contributed by atoms with Crippen molar-refractivity contribution in [3.63, 3.8) is 0 Å². The van der Waals surface area contributed by atoms with Crippen molar-refractivity contribution in [1.82, 2.24) is 15.2 Å². The van der Waals surface area contributed by atoms with E-state index in [1.165, 1.54) is 21.5 Å². The Labute approximate surface area is 97.1 Å². The number of rotatable bonds is 0. The van der Waals surface area contributed by atoms with Crippen molar-refractivity contribution in [3.8, 4) is 0 Å². The summed E-state index contributed by atoms with van der Waals surface area (Å²) in [4.78, 5) is 4.21. The predicted molar refractivity (Wildman–Crippen MR) is 68.9 cm³/mol. The van der Waals surface area contributed by atoms with E-state index in [9.17, 15) is 0 Å². The molecule has 80 valence electrons. The molecule has 0 bridgehead atoms.